The lowest BCUT2D eigenvalue weighted by atomic mass is 9.88. The van der Waals surface area contributed by atoms with Crippen molar-refractivity contribution < 1.29 is 47.4 Å². The Bertz CT molecular complexity index is 1100. The van der Waals surface area contributed by atoms with Crippen molar-refractivity contribution in [3.05, 3.63) is 47.3 Å². The number of nitrogens with zero attached hydrogens (tertiary/aromatic N) is 5. The molecular formula is C21H24IN5O4. The van der Waals surface area contributed by atoms with Crippen LogP contribution in [0.4, 0.5) is 0 Å². The number of aromatic nitrogens is 4. The zero-order valence-corrected chi connectivity index (χ0v) is 20.0. The van der Waals surface area contributed by atoms with Crippen LogP contribution in [0, 0.1) is 0 Å². The molecule has 0 aliphatic carbocycles. The molecule has 5 rings (SSSR count). The van der Waals surface area contributed by atoms with Gasteiger partial charge in [-0.1, -0.05) is 0 Å². The first-order valence-electron chi connectivity index (χ1n) is 9.78. The summed E-state index contributed by atoms with van der Waals surface area (Å²) in [6, 6.07) is 9.60. The molecule has 2 aromatic carbocycles. The van der Waals surface area contributed by atoms with Gasteiger partial charge in [-0.05, 0) is 46.3 Å². The summed E-state index contributed by atoms with van der Waals surface area (Å²) in [7, 11) is 7.68. The van der Waals surface area contributed by atoms with Crippen molar-refractivity contribution in [3.8, 4) is 28.7 Å². The van der Waals surface area contributed by atoms with E-state index in [0.29, 0.717) is 16.0 Å². The second-order valence-electron chi connectivity index (χ2n) is 8.02. The second-order valence-corrected chi connectivity index (χ2v) is 8.02. The molecule has 0 spiro atoms. The van der Waals surface area contributed by atoms with Gasteiger partial charge in [-0.3, -0.25) is 0 Å². The van der Waals surface area contributed by atoms with Gasteiger partial charge < -0.3 is 47.4 Å². The van der Waals surface area contributed by atoms with Gasteiger partial charge in [0.05, 0.1) is 46.1 Å². The van der Waals surface area contributed by atoms with Crippen molar-refractivity contribution in [2.45, 2.75) is 12.5 Å². The molecule has 9 nitrogen and oxygen atoms in total. The van der Waals surface area contributed by atoms with Crippen molar-refractivity contribution in [3.63, 3.8) is 0 Å². The molecule has 3 heterocycles. The first-order valence-corrected chi connectivity index (χ1v) is 9.78. The topological polar surface area (TPSA) is 80.5 Å². The minimum atomic E-state index is -0.143. The van der Waals surface area contributed by atoms with E-state index in [4.69, 9.17) is 18.9 Å². The van der Waals surface area contributed by atoms with Gasteiger partial charge in [-0.2, -0.15) is 4.68 Å². The van der Waals surface area contributed by atoms with Gasteiger partial charge in [0.2, 0.25) is 18.4 Å². The zero-order chi connectivity index (χ0) is 20.9. The van der Waals surface area contributed by atoms with E-state index in [9.17, 15) is 0 Å². The summed E-state index contributed by atoms with van der Waals surface area (Å²) in [4.78, 5) is 0. The molecule has 31 heavy (non-hydrogen) atoms. The average Bonchev–Trinajstić information content (AvgIpc) is 3.41. The zero-order valence-electron chi connectivity index (χ0n) is 17.8. The molecule has 2 aliphatic heterocycles. The number of likely N-dealkylation sites (N-methyl/N-ethyl adjacent to an activating group) is 1. The Morgan fingerprint density at radius 1 is 1.10 bits per heavy atom. The summed E-state index contributed by atoms with van der Waals surface area (Å²) in [5.41, 5.74) is 3.08. The van der Waals surface area contributed by atoms with Crippen molar-refractivity contribution in [2.24, 2.45) is 0 Å². The number of halogens is 1. The number of hydrogen-bond acceptors (Lipinski definition) is 7. The van der Waals surface area contributed by atoms with E-state index < -0.39 is 0 Å². The van der Waals surface area contributed by atoms with Crippen molar-refractivity contribution in [1.82, 2.24) is 20.2 Å². The van der Waals surface area contributed by atoms with Gasteiger partial charge >= 0.3 is 0 Å². The summed E-state index contributed by atoms with van der Waals surface area (Å²) in [6.07, 6.45) is 0.899. The van der Waals surface area contributed by atoms with Gasteiger partial charge in [0.15, 0.2) is 17.5 Å². The van der Waals surface area contributed by atoms with E-state index >= 15 is 0 Å². The maximum Gasteiger partial charge on any atom is 0.231 e. The first-order chi connectivity index (χ1) is 14.5. The highest BCUT2D eigenvalue weighted by Crippen LogP contribution is 2.51. The smallest absolute Gasteiger partial charge is 0.231 e. The number of quaternary nitrogens is 1. The number of rotatable bonds is 4. The van der Waals surface area contributed by atoms with Crippen molar-refractivity contribution >= 4 is 0 Å². The van der Waals surface area contributed by atoms with Crippen LogP contribution in [0.5, 0.6) is 23.0 Å². The van der Waals surface area contributed by atoms with Crippen LogP contribution in [0.1, 0.15) is 23.0 Å². The van der Waals surface area contributed by atoms with E-state index in [1.165, 1.54) is 5.56 Å². The van der Waals surface area contributed by atoms with E-state index in [-0.39, 0.29) is 36.8 Å². The number of tetrazole rings is 1. The van der Waals surface area contributed by atoms with Crippen molar-refractivity contribution in [2.75, 3.05) is 41.7 Å². The Labute approximate surface area is 197 Å². The molecule has 1 aromatic heterocycles. The van der Waals surface area contributed by atoms with E-state index in [1.54, 1.807) is 18.9 Å². The number of fused-ring (bicyclic) bond motifs is 2. The predicted octanol–water partition coefficient (Wildman–Crippen LogP) is -0.866. The standard InChI is InChI=1S/C21H24N5O4.HI/c1-26(2)10-9-13-11-16-19(30-12-29-16)20(28-4)17(13)18(26)21-22-23-24-25(21)14-5-7-15(27-3)8-6-14;/h5-8,11,18H,9-10,12H2,1-4H3;1H/q+1;/p-1. The van der Waals surface area contributed by atoms with Gasteiger partial charge in [-0.15, -0.1) is 5.10 Å². The van der Waals surface area contributed by atoms with Crippen molar-refractivity contribution in [1.29, 1.82) is 0 Å². The number of benzene rings is 2. The fraction of sp³-hybridized carbons (Fsp3) is 0.381. The van der Waals surface area contributed by atoms with Crippen LogP contribution >= 0.6 is 0 Å². The Kier molecular flexibility index (Phi) is 5.69. The van der Waals surface area contributed by atoms with Gasteiger partial charge in [-0.25, -0.2) is 0 Å². The van der Waals surface area contributed by atoms with E-state index in [1.807, 2.05) is 24.3 Å². The summed E-state index contributed by atoms with van der Waals surface area (Å²) in [6.45, 7) is 1.12. The van der Waals surface area contributed by atoms with Crippen LogP contribution in [-0.2, 0) is 6.42 Å². The Morgan fingerprint density at radius 3 is 2.58 bits per heavy atom. The van der Waals surface area contributed by atoms with Gasteiger partial charge in [0.1, 0.15) is 5.75 Å². The van der Waals surface area contributed by atoms with E-state index in [2.05, 4.69) is 35.7 Å². The maximum atomic E-state index is 5.84. The Balaban J connectivity index is 0.00000231. The number of methoxy groups -OCH3 is 2. The molecule has 1 unspecified atom stereocenters. The summed E-state index contributed by atoms with van der Waals surface area (Å²) in [5.74, 6) is 3.59. The number of ether oxygens (including phenoxy) is 4. The molecule has 0 saturated carbocycles. The van der Waals surface area contributed by atoms with Crippen LogP contribution in [0.3, 0.4) is 0 Å². The highest BCUT2D eigenvalue weighted by molar-refractivity contribution is 5.62. The summed E-state index contributed by atoms with van der Waals surface area (Å²) < 4.78 is 25.0. The van der Waals surface area contributed by atoms with Gasteiger partial charge in [0, 0.05) is 6.42 Å². The molecule has 0 N–H and O–H groups in total. The lowest BCUT2D eigenvalue weighted by Crippen LogP contribution is -3.00. The van der Waals surface area contributed by atoms with E-state index in [0.717, 1.165) is 41.5 Å². The molecule has 2 aliphatic rings. The monoisotopic (exact) mass is 537 g/mol. The third-order valence-corrected chi connectivity index (χ3v) is 5.93. The lowest BCUT2D eigenvalue weighted by Gasteiger charge is -2.42. The third-order valence-electron chi connectivity index (χ3n) is 5.93. The molecular weight excluding hydrogens is 513 g/mol. The molecule has 0 radical (unpaired) electrons. The molecule has 3 aromatic rings. The summed E-state index contributed by atoms with van der Waals surface area (Å²) >= 11 is 0. The fourth-order valence-electron chi connectivity index (χ4n) is 4.39. The van der Waals surface area contributed by atoms with Crippen LogP contribution in [0.25, 0.3) is 5.69 Å². The third kappa shape index (κ3) is 3.47. The SMILES string of the molecule is COc1ccc(-n2nnnc2C2c3c(cc4c(c3OC)OCO4)CC[N+]2(C)C)cc1.[I-]. The lowest BCUT2D eigenvalue weighted by molar-refractivity contribution is -0.917. The van der Waals surface area contributed by atoms with Gasteiger partial charge in [0.25, 0.3) is 0 Å². The Hall–Kier alpha value is -2.60. The summed E-state index contributed by atoms with van der Waals surface area (Å²) in [5, 5.41) is 12.7. The second kappa shape index (κ2) is 8.15. The largest absolute Gasteiger partial charge is 1.00 e. The predicted molar refractivity (Wildman–Crippen MR) is 107 cm³/mol. The van der Waals surface area contributed by atoms with Crippen LogP contribution in [0.2, 0.25) is 0 Å². The highest BCUT2D eigenvalue weighted by atomic mass is 127. The molecule has 0 saturated heterocycles. The molecule has 10 heteroatoms. The normalized spacial score (nSPS) is 18.1. The van der Waals surface area contributed by atoms with Crippen LogP contribution < -0.4 is 42.9 Å². The minimum absolute atomic E-state index is 0. The quantitative estimate of drug-likeness (QED) is 0.317. The number of hydrogen-bond donors (Lipinski definition) is 0. The first kappa shape index (κ1) is 21.6. The van der Waals surface area contributed by atoms with Crippen LogP contribution in [-0.4, -0.2) is 66.3 Å². The minimum Gasteiger partial charge on any atom is -1.00 e. The average molecular weight is 537 g/mol. The molecule has 164 valence electrons. The maximum absolute atomic E-state index is 5.84. The molecule has 0 fully saturated rings. The highest BCUT2D eigenvalue weighted by Gasteiger charge is 2.45. The molecule has 0 bridgehead atoms. The Morgan fingerprint density at radius 2 is 1.87 bits per heavy atom. The molecule has 1 atom stereocenters. The molecule has 0 amide bonds. The fourth-order valence-corrected chi connectivity index (χ4v) is 4.39. The van der Waals surface area contributed by atoms with Crippen LogP contribution in [0.15, 0.2) is 30.3 Å².